The minimum Gasteiger partial charge on any atom is -0.461 e. The summed E-state index contributed by atoms with van der Waals surface area (Å²) in [7, 11) is 1.72. The summed E-state index contributed by atoms with van der Waals surface area (Å²) in [4.78, 5) is 12.0. The molecule has 1 unspecified atom stereocenters. The number of carbonyl (C=O) groups excluding carboxylic acids is 1. The quantitative estimate of drug-likeness (QED) is 0.551. The third-order valence-corrected chi connectivity index (χ3v) is 3.92. The Bertz CT molecular complexity index is 381. The van der Waals surface area contributed by atoms with E-state index < -0.39 is 0 Å². The van der Waals surface area contributed by atoms with Crippen LogP contribution >= 0.6 is 0 Å². The van der Waals surface area contributed by atoms with Gasteiger partial charge in [-0.3, -0.25) is 9.80 Å². The van der Waals surface area contributed by atoms with E-state index in [1.807, 2.05) is 0 Å². The first-order valence-corrected chi connectivity index (χ1v) is 7.36. The van der Waals surface area contributed by atoms with Gasteiger partial charge in [0.05, 0.1) is 24.3 Å². The molecule has 1 saturated heterocycles. The fraction of sp³-hybridized carbons (Fsp3) is 0.733. The van der Waals surface area contributed by atoms with Crippen molar-refractivity contribution in [1.82, 2.24) is 5.01 Å². The summed E-state index contributed by atoms with van der Waals surface area (Å²) in [5.74, 6) is -0.331. The van der Waals surface area contributed by atoms with Crippen LogP contribution in [-0.4, -0.2) is 49.6 Å². The van der Waals surface area contributed by atoms with E-state index in [-0.39, 0.29) is 18.5 Å². The third kappa shape index (κ3) is 3.60. The lowest BCUT2D eigenvalue weighted by molar-refractivity contribution is -0.144. The Labute approximate surface area is 120 Å². The van der Waals surface area contributed by atoms with Crippen LogP contribution in [0.15, 0.2) is 17.8 Å². The average molecular weight is 280 g/mol. The van der Waals surface area contributed by atoms with Gasteiger partial charge in [-0.1, -0.05) is 12.7 Å². The highest BCUT2D eigenvalue weighted by atomic mass is 16.5. The zero-order valence-electron chi connectivity index (χ0n) is 12.2. The molecule has 2 rings (SSSR count). The maximum Gasteiger partial charge on any atom is 0.315 e. The number of rotatable bonds is 6. The summed E-state index contributed by atoms with van der Waals surface area (Å²) in [6.45, 7) is 5.49. The highest BCUT2D eigenvalue weighted by Gasteiger charge is 2.32. The van der Waals surface area contributed by atoms with Crippen LogP contribution in [0, 0.1) is 5.92 Å². The molecule has 1 heterocycles. The normalized spacial score (nSPS) is 28.1. The number of hydrogen-bond acceptors (Lipinski definition) is 5. The topological polar surface area (TPSA) is 51.1 Å². The number of methoxy groups -OCH3 is 1. The first kappa shape index (κ1) is 15.0. The van der Waals surface area contributed by atoms with E-state index in [2.05, 4.69) is 11.6 Å². The first-order chi connectivity index (χ1) is 9.76. The Balaban J connectivity index is 2.00. The van der Waals surface area contributed by atoms with Gasteiger partial charge in [-0.2, -0.15) is 5.10 Å². The predicted octanol–water partition coefficient (Wildman–Crippen LogP) is 1.98. The molecule has 2 aliphatic rings. The van der Waals surface area contributed by atoms with Crippen molar-refractivity contribution in [3.8, 4) is 0 Å². The van der Waals surface area contributed by atoms with Gasteiger partial charge in [0.15, 0.2) is 0 Å². The van der Waals surface area contributed by atoms with E-state index in [1.54, 1.807) is 13.2 Å². The van der Waals surface area contributed by atoms with Crippen LogP contribution in [0.1, 0.15) is 32.1 Å². The Morgan fingerprint density at radius 2 is 2.35 bits per heavy atom. The second kappa shape index (κ2) is 7.43. The molecule has 5 nitrogen and oxygen atoms in total. The van der Waals surface area contributed by atoms with Gasteiger partial charge in [-0.15, -0.1) is 0 Å². The number of carbonyl (C=O) groups is 1. The van der Waals surface area contributed by atoms with Gasteiger partial charge in [-0.25, -0.2) is 0 Å². The largest absolute Gasteiger partial charge is 0.461 e. The third-order valence-electron chi connectivity index (χ3n) is 3.92. The van der Waals surface area contributed by atoms with E-state index in [0.29, 0.717) is 12.6 Å². The lowest BCUT2D eigenvalue weighted by Crippen LogP contribution is -2.31. The maximum atomic E-state index is 12.0. The molecule has 20 heavy (non-hydrogen) atoms. The molecule has 0 N–H and O–H groups in total. The zero-order valence-corrected chi connectivity index (χ0v) is 12.2. The van der Waals surface area contributed by atoms with Crippen LogP contribution in [0.5, 0.6) is 0 Å². The predicted molar refractivity (Wildman–Crippen MR) is 77.5 cm³/mol. The fourth-order valence-electron chi connectivity index (χ4n) is 2.92. The molecular formula is C15H24N2O3. The fourth-order valence-corrected chi connectivity index (χ4v) is 2.92. The smallest absolute Gasteiger partial charge is 0.315 e. The van der Waals surface area contributed by atoms with Crippen molar-refractivity contribution in [3.63, 3.8) is 0 Å². The van der Waals surface area contributed by atoms with Gasteiger partial charge < -0.3 is 9.47 Å². The van der Waals surface area contributed by atoms with Gasteiger partial charge in [0, 0.05) is 13.7 Å². The minimum absolute atomic E-state index is 0.163. The Kier molecular flexibility index (Phi) is 5.59. The van der Waals surface area contributed by atoms with Crippen molar-refractivity contribution in [1.29, 1.82) is 0 Å². The van der Waals surface area contributed by atoms with Crippen molar-refractivity contribution in [2.45, 2.75) is 38.1 Å². The van der Waals surface area contributed by atoms with E-state index in [0.717, 1.165) is 44.4 Å². The van der Waals surface area contributed by atoms with Gasteiger partial charge >= 0.3 is 5.97 Å². The molecular weight excluding hydrogens is 256 g/mol. The summed E-state index contributed by atoms with van der Waals surface area (Å²) in [5.41, 5.74) is 0.974. The van der Waals surface area contributed by atoms with Crippen LogP contribution in [0.3, 0.4) is 0 Å². The van der Waals surface area contributed by atoms with Crippen LogP contribution in [0.2, 0.25) is 0 Å². The molecule has 0 amide bonds. The summed E-state index contributed by atoms with van der Waals surface area (Å²) in [6, 6.07) is 0.345. The second-order valence-electron chi connectivity index (χ2n) is 5.37. The molecule has 1 aliphatic heterocycles. The van der Waals surface area contributed by atoms with E-state index in [9.17, 15) is 4.79 Å². The Morgan fingerprint density at radius 1 is 1.50 bits per heavy atom. The van der Waals surface area contributed by atoms with Crippen LogP contribution in [0.25, 0.3) is 0 Å². The van der Waals surface area contributed by atoms with Crippen molar-refractivity contribution in [2.24, 2.45) is 11.0 Å². The molecule has 2 fully saturated rings. The molecule has 1 aliphatic carbocycles. The van der Waals surface area contributed by atoms with E-state index in [4.69, 9.17) is 14.6 Å². The van der Waals surface area contributed by atoms with Crippen LogP contribution in [-0.2, 0) is 14.3 Å². The lowest BCUT2D eigenvalue weighted by atomic mass is 10.1. The average Bonchev–Trinajstić information content (AvgIpc) is 3.07. The number of esters is 1. The standard InChI is InChI=1S/C15H24N2O3/c1-3-10-20-15(18)13-7-4-8-14(13)16-17-9-5-6-12(17)11-19-2/h3,12-13H,1,4-11H2,2H3/b16-14+/t12-,13?/m1/s1. The molecule has 0 aromatic heterocycles. The van der Waals surface area contributed by atoms with E-state index in [1.165, 1.54) is 0 Å². The van der Waals surface area contributed by atoms with Gasteiger partial charge in [0.2, 0.25) is 0 Å². The Morgan fingerprint density at radius 3 is 3.10 bits per heavy atom. The summed E-state index contributed by atoms with van der Waals surface area (Å²) >= 11 is 0. The molecule has 112 valence electrons. The molecule has 1 saturated carbocycles. The highest BCUT2D eigenvalue weighted by molar-refractivity contribution is 6.03. The minimum atomic E-state index is -0.168. The van der Waals surface area contributed by atoms with Crippen LogP contribution in [0.4, 0.5) is 0 Å². The monoisotopic (exact) mass is 280 g/mol. The molecule has 5 heteroatoms. The molecule has 0 radical (unpaired) electrons. The van der Waals surface area contributed by atoms with Crippen molar-refractivity contribution >= 4 is 11.7 Å². The van der Waals surface area contributed by atoms with Crippen LogP contribution < -0.4 is 0 Å². The summed E-state index contributed by atoms with van der Waals surface area (Å²) < 4.78 is 10.4. The highest BCUT2D eigenvalue weighted by Crippen LogP contribution is 2.27. The van der Waals surface area contributed by atoms with Crippen molar-refractivity contribution < 1.29 is 14.3 Å². The molecule has 0 aromatic rings. The van der Waals surface area contributed by atoms with Gasteiger partial charge in [0.25, 0.3) is 0 Å². The lowest BCUT2D eigenvalue weighted by Gasteiger charge is -2.22. The van der Waals surface area contributed by atoms with Gasteiger partial charge in [-0.05, 0) is 32.1 Å². The molecule has 0 bridgehead atoms. The number of ether oxygens (including phenoxy) is 2. The van der Waals surface area contributed by atoms with E-state index >= 15 is 0 Å². The molecule has 0 spiro atoms. The zero-order chi connectivity index (χ0) is 14.4. The first-order valence-electron chi connectivity index (χ1n) is 7.36. The molecule has 0 aromatic carbocycles. The number of hydrogen-bond donors (Lipinski definition) is 0. The summed E-state index contributed by atoms with van der Waals surface area (Å²) in [6.07, 6.45) is 6.59. The number of hydrazone groups is 1. The summed E-state index contributed by atoms with van der Waals surface area (Å²) in [5, 5.41) is 6.82. The van der Waals surface area contributed by atoms with Crippen molar-refractivity contribution in [3.05, 3.63) is 12.7 Å². The van der Waals surface area contributed by atoms with Crippen molar-refractivity contribution in [2.75, 3.05) is 26.9 Å². The molecule has 2 atom stereocenters. The van der Waals surface area contributed by atoms with Gasteiger partial charge in [0.1, 0.15) is 6.61 Å². The maximum absolute atomic E-state index is 12.0. The second-order valence-corrected chi connectivity index (χ2v) is 5.37. The SMILES string of the molecule is C=CCOC(=O)C1CCC/C1=N\N1CCC[C@@H]1COC. The number of nitrogens with zero attached hydrogens (tertiary/aromatic N) is 2. The Hall–Kier alpha value is -1.36.